The third-order valence-corrected chi connectivity index (χ3v) is 0.200. The lowest BCUT2D eigenvalue weighted by Crippen LogP contribution is -1.38. The zero-order valence-electron chi connectivity index (χ0n) is 5.79. The van der Waals surface area contributed by atoms with Crippen LogP contribution in [-0.4, -0.2) is 38.5 Å². The topological polar surface area (TPSA) is 65.2 Å². The van der Waals surface area contributed by atoms with Crippen molar-refractivity contribution in [2.75, 3.05) is 28.3 Å². The van der Waals surface area contributed by atoms with Gasteiger partial charge in [-0.05, 0) is 0 Å². The molecule has 0 saturated heterocycles. The summed E-state index contributed by atoms with van der Waals surface area (Å²) >= 11 is 0. The fraction of sp³-hybridized carbons (Fsp3) is 1.00. The van der Waals surface area contributed by atoms with E-state index >= 15 is 0 Å². The third kappa shape index (κ3) is 417. The van der Waals surface area contributed by atoms with Gasteiger partial charge < -0.3 is 10.2 Å². The maximum atomic E-state index is 7.00. The van der Waals surface area contributed by atoms with Gasteiger partial charge in [-0.1, -0.05) is 0 Å². The summed E-state index contributed by atoms with van der Waals surface area (Å²) < 4.78 is 0. The lowest BCUT2D eigenvalue weighted by molar-refractivity contribution is 0.399. The van der Waals surface area contributed by atoms with Gasteiger partial charge in [0.25, 0.3) is 0 Å². The molecule has 0 atom stereocenters. The van der Waals surface area contributed by atoms with Crippen molar-refractivity contribution >= 4 is 0 Å². The molecule has 4 heteroatoms. The fourth-order valence-electron chi connectivity index (χ4n) is 0. The van der Waals surface area contributed by atoms with Gasteiger partial charge >= 0.3 is 0 Å². The summed E-state index contributed by atoms with van der Waals surface area (Å²) in [6.45, 7) is 0. The second-order valence-corrected chi connectivity index (χ2v) is 0.400. The highest BCUT2D eigenvalue weighted by molar-refractivity contribution is 3.96. The quantitative estimate of drug-likeness (QED) is 0.441. The Labute approximate surface area is 49.9 Å². The van der Waals surface area contributed by atoms with Gasteiger partial charge in [0.05, 0.1) is 0 Å². The predicted molar refractivity (Wildman–Crippen MR) is 33.0 cm³/mol. The van der Waals surface area contributed by atoms with E-state index in [1.165, 1.54) is 0 Å². The molecular formula is C4H14N2O2. The van der Waals surface area contributed by atoms with Crippen LogP contribution in [-0.2, 0) is 0 Å². The number of aliphatic hydroxyl groups excluding tert-OH is 2. The molecular weight excluding hydrogens is 108 g/mol. The average Bonchev–Trinajstić information content (AvgIpc) is 1.96. The van der Waals surface area contributed by atoms with Crippen molar-refractivity contribution in [3.63, 3.8) is 0 Å². The van der Waals surface area contributed by atoms with Crippen LogP contribution in [0.25, 0.3) is 0 Å². The van der Waals surface area contributed by atoms with E-state index in [-0.39, 0.29) is 0 Å². The average molecular weight is 122 g/mol. The van der Waals surface area contributed by atoms with Crippen molar-refractivity contribution in [3.05, 3.63) is 0 Å². The Balaban J connectivity index is -0.0000000542. The van der Waals surface area contributed by atoms with Gasteiger partial charge in [0, 0.05) is 28.3 Å². The van der Waals surface area contributed by atoms with E-state index in [2.05, 4.69) is 10.2 Å². The molecule has 0 aromatic carbocycles. The minimum absolute atomic E-state index is 1.00. The van der Waals surface area contributed by atoms with Crippen LogP contribution in [0.2, 0.25) is 0 Å². The molecule has 0 rings (SSSR count). The van der Waals surface area contributed by atoms with Gasteiger partial charge in [-0.3, -0.25) is 0 Å². The van der Waals surface area contributed by atoms with Crippen molar-refractivity contribution in [1.82, 2.24) is 0 Å². The minimum atomic E-state index is 1.00. The minimum Gasteiger partial charge on any atom is -0.400 e. The van der Waals surface area contributed by atoms with Crippen molar-refractivity contribution in [3.8, 4) is 0 Å². The number of rotatable bonds is 0. The standard InChI is InChI=1S/C2H6N2.2CH4O/c1-3-4-2;2*1-2/h1-2H3;2*2H,1H3. The molecule has 2 N–H and O–H groups in total. The summed E-state index contributed by atoms with van der Waals surface area (Å²) in [6, 6.07) is 0. The van der Waals surface area contributed by atoms with E-state index in [4.69, 9.17) is 10.2 Å². The summed E-state index contributed by atoms with van der Waals surface area (Å²) in [5, 5.41) is 20.7. The van der Waals surface area contributed by atoms with Gasteiger partial charge in [-0.25, -0.2) is 0 Å². The number of aliphatic hydroxyl groups is 2. The summed E-state index contributed by atoms with van der Waals surface area (Å²) in [4.78, 5) is 0. The molecule has 0 bridgehead atoms. The molecule has 4 nitrogen and oxygen atoms in total. The fourth-order valence-corrected chi connectivity index (χ4v) is 0. The van der Waals surface area contributed by atoms with Crippen molar-refractivity contribution in [2.24, 2.45) is 10.2 Å². The Kier molecular flexibility index (Phi) is 168. The molecule has 0 fully saturated rings. The SMILES string of the molecule is CN=NC.CO.CO. The maximum absolute atomic E-state index is 7.00. The van der Waals surface area contributed by atoms with Crippen LogP contribution >= 0.6 is 0 Å². The van der Waals surface area contributed by atoms with Crippen molar-refractivity contribution in [1.29, 1.82) is 0 Å². The van der Waals surface area contributed by atoms with Gasteiger partial charge in [0.15, 0.2) is 0 Å². The van der Waals surface area contributed by atoms with Crippen LogP contribution < -0.4 is 0 Å². The molecule has 0 heterocycles. The third-order valence-electron chi connectivity index (χ3n) is 0.200. The lowest BCUT2D eigenvalue weighted by Gasteiger charge is -1.54. The highest BCUT2D eigenvalue weighted by Crippen LogP contribution is 1.48. The second kappa shape index (κ2) is 86.0. The van der Waals surface area contributed by atoms with Gasteiger partial charge in [-0.2, -0.15) is 10.2 Å². The molecule has 8 heavy (non-hydrogen) atoms. The lowest BCUT2D eigenvalue weighted by atomic mass is 11.5. The Bertz CT molecular complexity index is 27.2. The van der Waals surface area contributed by atoms with Crippen molar-refractivity contribution < 1.29 is 10.2 Å². The highest BCUT2D eigenvalue weighted by Gasteiger charge is 1.31. The first kappa shape index (κ1) is 15.6. The Morgan fingerprint density at radius 2 is 0.875 bits per heavy atom. The normalized spacial score (nSPS) is 6.25. The molecule has 0 aromatic rings. The first-order valence-electron chi connectivity index (χ1n) is 1.99. The summed E-state index contributed by atoms with van der Waals surface area (Å²) in [5.41, 5.74) is 0. The van der Waals surface area contributed by atoms with Crippen LogP contribution in [0.5, 0.6) is 0 Å². The van der Waals surface area contributed by atoms with E-state index in [0.717, 1.165) is 14.2 Å². The van der Waals surface area contributed by atoms with Crippen LogP contribution in [0.3, 0.4) is 0 Å². The van der Waals surface area contributed by atoms with Crippen molar-refractivity contribution in [2.45, 2.75) is 0 Å². The molecule has 0 aliphatic heterocycles. The first-order valence-corrected chi connectivity index (χ1v) is 1.99. The maximum Gasteiger partial charge on any atom is 0.0487 e. The van der Waals surface area contributed by atoms with Crippen LogP contribution in [0.1, 0.15) is 0 Å². The van der Waals surface area contributed by atoms with E-state index in [9.17, 15) is 0 Å². The van der Waals surface area contributed by atoms with E-state index in [0.29, 0.717) is 0 Å². The van der Waals surface area contributed by atoms with Crippen LogP contribution in [0, 0.1) is 0 Å². The molecule has 0 saturated carbocycles. The molecule has 0 aliphatic carbocycles. The summed E-state index contributed by atoms with van der Waals surface area (Å²) in [6.07, 6.45) is 0. The van der Waals surface area contributed by atoms with E-state index in [1.807, 2.05) is 0 Å². The Hall–Kier alpha value is -0.480. The predicted octanol–water partition coefficient (Wildman–Crippen LogP) is -0.0848. The Morgan fingerprint density at radius 3 is 0.875 bits per heavy atom. The zero-order valence-corrected chi connectivity index (χ0v) is 5.79. The summed E-state index contributed by atoms with van der Waals surface area (Å²) in [5.74, 6) is 0. The molecule has 0 unspecified atom stereocenters. The van der Waals surface area contributed by atoms with Gasteiger partial charge in [-0.15, -0.1) is 0 Å². The first-order chi connectivity index (χ1) is 3.91. The summed E-state index contributed by atoms with van der Waals surface area (Å²) in [7, 11) is 5.28. The number of azo groups is 1. The van der Waals surface area contributed by atoms with Crippen LogP contribution in [0.15, 0.2) is 10.2 Å². The monoisotopic (exact) mass is 122 g/mol. The zero-order chi connectivity index (χ0) is 7.41. The smallest absolute Gasteiger partial charge is 0.0487 e. The second-order valence-electron chi connectivity index (χ2n) is 0.400. The van der Waals surface area contributed by atoms with Gasteiger partial charge in [0.2, 0.25) is 0 Å². The Morgan fingerprint density at radius 1 is 0.750 bits per heavy atom. The number of hydrogen-bond acceptors (Lipinski definition) is 4. The molecule has 0 aliphatic rings. The molecule has 52 valence electrons. The highest BCUT2D eigenvalue weighted by atomic mass is 16.2. The van der Waals surface area contributed by atoms with Gasteiger partial charge in [0.1, 0.15) is 0 Å². The number of hydrogen-bond donors (Lipinski definition) is 2. The van der Waals surface area contributed by atoms with Crippen LogP contribution in [0.4, 0.5) is 0 Å². The molecule has 0 radical (unpaired) electrons. The van der Waals surface area contributed by atoms with E-state index < -0.39 is 0 Å². The molecule has 0 aromatic heterocycles. The molecule has 0 amide bonds. The molecule has 0 spiro atoms. The van der Waals surface area contributed by atoms with E-state index in [1.54, 1.807) is 14.1 Å². The number of nitrogens with zero attached hydrogens (tertiary/aromatic N) is 2. The largest absolute Gasteiger partial charge is 0.400 e.